The highest BCUT2D eigenvalue weighted by Crippen LogP contribution is 2.39. The molecule has 31 heavy (non-hydrogen) atoms. The van der Waals surface area contributed by atoms with Crippen LogP contribution >= 0.6 is 7.82 Å². The van der Waals surface area contributed by atoms with E-state index in [1.165, 1.54) is 10.9 Å². The van der Waals surface area contributed by atoms with E-state index >= 15 is 0 Å². The van der Waals surface area contributed by atoms with Gasteiger partial charge in [-0.05, 0) is 19.4 Å². The van der Waals surface area contributed by atoms with Crippen molar-refractivity contribution >= 4 is 30.8 Å². The Balaban J connectivity index is 1.82. The number of nitrogens with one attached hydrogen (secondary N) is 1. The summed E-state index contributed by atoms with van der Waals surface area (Å²) in [5, 5.41) is 24.0. The molecule has 0 saturated carbocycles. The standard InChI is InChI=1S/C16H28N7O7P/c17-5-3-1-2-4-6-19-16-22-10-13(18)20-8-21-14(10)23(16)15-12(25)11(24)9(30-15)7-29-31(26,27)28/h8-9,11-12,15,24-25H,1-7,17H2,(H,19,22)(H2,18,20,21)(H2,26,27,28)/t9-,11+,12-,15-/m1/s1. The van der Waals surface area contributed by atoms with Crippen molar-refractivity contribution in [2.75, 3.05) is 30.7 Å². The fourth-order valence-electron chi connectivity index (χ4n) is 3.37. The lowest BCUT2D eigenvalue weighted by atomic mass is 10.1. The maximum absolute atomic E-state index is 11.0. The van der Waals surface area contributed by atoms with Crippen LogP contribution in [0.5, 0.6) is 0 Å². The van der Waals surface area contributed by atoms with E-state index < -0.39 is 39.0 Å². The van der Waals surface area contributed by atoms with Gasteiger partial charge in [0, 0.05) is 6.54 Å². The predicted molar refractivity (Wildman–Crippen MR) is 110 cm³/mol. The molecule has 0 aliphatic carbocycles. The number of aromatic nitrogens is 4. The third-order valence-corrected chi connectivity index (χ3v) is 5.40. The van der Waals surface area contributed by atoms with Gasteiger partial charge >= 0.3 is 7.82 Å². The zero-order valence-electron chi connectivity index (χ0n) is 16.7. The van der Waals surface area contributed by atoms with E-state index in [2.05, 4.69) is 24.8 Å². The third-order valence-electron chi connectivity index (χ3n) is 4.92. The molecule has 2 aromatic rings. The van der Waals surface area contributed by atoms with Gasteiger partial charge in [-0.3, -0.25) is 9.09 Å². The molecule has 0 bridgehead atoms. The number of ether oxygens (including phenoxy) is 1. The Morgan fingerprint density at radius 2 is 1.94 bits per heavy atom. The van der Waals surface area contributed by atoms with Crippen molar-refractivity contribution in [1.29, 1.82) is 0 Å². The number of phosphoric ester groups is 1. The van der Waals surface area contributed by atoms with E-state index in [9.17, 15) is 14.8 Å². The van der Waals surface area contributed by atoms with Crippen LogP contribution in [0.1, 0.15) is 31.9 Å². The number of anilines is 2. The minimum absolute atomic E-state index is 0.129. The van der Waals surface area contributed by atoms with Crippen molar-refractivity contribution in [1.82, 2.24) is 19.5 Å². The van der Waals surface area contributed by atoms with Gasteiger partial charge in [-0.15, -0.1) is 0 Å². The van der Waals surface area contributed by atoms with Crippen LogP contribution < -0.4 is 16.8 Å². The fourth-order valence-corrected chi connectivity index (χ4v) is 3.71. The number of rotatable bonds is 11. The summed E-state index contributed by atoms with van der Waals surface area (Å²) in [6, 6.07) is 0. The van der Waals surface area contributed by atoms with Gasteiger partial charge in [-0.1, -0.05) is 12.8 Å². The van der Waals surface area contributed by atoms with Crippen LogP contribution in [0.2, 0.25) is 0 Å². The molecule has 1 fully saturated rings. The third kappa shape index (κ3) is 5.67. The molecule has 9 N–H and O–H groups in total. The maximum Gasteiger partial charge on any atom is 0.469 e. The van der Waals surface area contributed by atoms with E-state index in [0.717, 1.165) is 25.7 Å². The van der Waals surface area contributed by atoms with Crippen LogP contribution in [0.15, 0.2) is 6.33 Å². The largest absolute Gasteiger partial charge is 0.469 e. The van der Waals surface area contributed by atoms with Gasteiger partial charge in [-0.2, -0.15) is 0 Å². The molecule has 0 aromatic carbocycles. The molecule has 0 unspecified atom stereocenters. The molecule has 1 aliphatic rings. The number of hydrogen-bond acceptors (Lipinski definition) is 11. The molecule has 0 spiro atoms. The molecule has 14 nitrogen and oxygen atoms in total. The van der Waals surface area contributed by atoms with E-state index in [1.807, 2.05) is 0 Å². The molecule has 2 aromatic heterocycles. The van der Waals surface area contributed by atoms with Crippen LogP contribution in [0.4, 0.5) is 11.8 Å². The lowest BCUT2D eigenvalue weighted by molar-refractivity contribution is -0.0494. The summed E-state index contributed by atoms with van der Waals surface area (Å²) in [4.78, 5) is 30.3. The van der Waals surface area contributed by atoms with Crippen molar-refractivity contribution < 1.29 is 33.8 Å². The molecule has 3 rings (SSSR count). The van der Waals surface area contributed by atoms with E-state index in [0.29, 0.717) is 19.0 Å². The van der Waals surface area contributed by atoms with Crippen LogP contribution in [-0.2, 0) is 13.8 Å². The number of nitrogen functional groups attached to an aromatic ring is 1. The summed E-state index contributed by atoms with van der Waals surface area (Å²) in [6.45, 7) is 0.595. The van der Waals surface area contributed by atoms with Crippen molar-refractivity contribution in [3.8, 4) is 0 Å². The molecule has 15 heteroatoms. The maximum atomic E-state index is 11.0. The topological polar surface area (TPSA) is 224 Å². The Hall–Kier alpha value is -1.90. The highest BCUT2D eigenvalue weighted by atomic mass is 31.2. The van der Waals surface area contributed by atoms with Gasteiger partial charge in [0.05, 0.1) is 6.61 Å². The summed E-state index contributed by atoms with van der Waals surface area (Å²) in [6.07, 6.45) is -0.240. The predicted octanol–water partition coefficient (Wildman–Crippen LogP) is -0.932. The van der Waals surface area contributed by atoms with Crippen LogP contribution in [0, 0.1) is 0 Å². The smallest absolute Gasteiger partial charge is 0.387 e. The van der Waals surface area contributed by atoms with Gasteiger partial charge in [-0.25, -0.2) is 19.5 Å². The average molecular weight is 461 g/mol. The summed E-state index contributed by atoms with van der Waals surface area (Å²) in [5.74, 6) is 0.429. The molecule has 0 amide bonds. The number of aliphatic hydroxyl groups excluding tert-OH is 2. The number of aliphatic hydroxyl groups is 2. The Morgan fingerprint density at radius 3 is 2.65 bits per heavy atom. The monoisotopic (exact) mass is 461 g/mol. The van der Waals surface area contributed by atoms with Crippen molar-refractivity contribution in [3.63, 3.8) is 0 Å². The summed E-state index contributed by atoms with van der Waals surface area (Å²) in [7, 11) is -4.78. The average Bonchev–Trinajstić information content (AvgIpc) is 3.21. The first-order chi connectivity index (χ1) is 14.7. The Labute approximate surface area is 177 Å². The van der Waals surface area contributed by atoms with Gasteiger partial charge < -0.3 is 41.5 Å². The number of nitrogens with zero attached hydrogens (tertiary/aromatic N) is 4. The molecule has 0 radical (unpaired) electrons. The van der Waals surface area contributed by atoms with Gasteiger partial charge in [0.1, 0.15) is 24.6 Å². The molecule has 3 heterocycles. The zero-order valence-corrected chi connectivity index (χ0v) is 17.6. The highest BCUT2D eigenvalue weighted by molar-refractivity contribution is 7.46. The lowest BCUT2D eigenvalue weighted by Crippen LogP contribution is -2.33. The van der Waals surface area contributed by atoms with Gasteiger partial charge in [0.2, 0.25) is 5.95 Å². The Bertz CT molecular complexity index is 923. The normalized spacial score (nSPS) is 24.2. The summed E-state index contributed by atoms with van der Waals surface area (Å²) < 4.78 is 22.5. The van der Waals surface area contributed by atoms with Crippen molar-refractivity contribution in [3.05, 3.63) is 6.33 Å². The Morgan fingerprint density at radius 1 is 1.19 bits per heavy atom. The van der Waals surface area contributed by atoms with E-state index in [-0.39, 0.29) is 17.0 Å². The van der Waals surface area contributed by atoms with Crippen molar-refractivity contribution in [2.45, 2.75) is 50.2 Å². The second-order valence-electron chi connectivity index (χ2n) is 7.20. The molecule has 1 saturated heterocycles. The SMILES string of the molecule is NCCCCCCNc1nc2c(N)ncnc2n1[C@@H]1O[C@H](COP(=O)(O)O)[C@H](O)[C@H]1O. The first-order valence-corrected chi connectivity index (χ1v) is 11.4. The minimum atomic E-state index is -4.78. The van der Waals surface area contributed by atoms with Gasteiger partial charge in [0.15, 0.2) is 23.2 Å². The molecular formula is C16H28N7O7P. The number of nitrogens with two attached hydrogens (primary N) is 2. The van der Waals surface area contributed by atoms with E-state index in [1.54, 1.807) is 0 Å². The highest BCUT2D eigenvalue weighted by Gasteiger charge is 2.46. The molecule has 1 aliphatic heterocycles. The Kier molecular flexibility index (Phi) is 7.78. The number of unbranched alkanes of at least 4 members (excludes halogenated alkanes) is 3. The molecule has 174 valence electrons. The van der Waals surface area contributed by atoms with Crippen LogP contribution in [-0.4, -0.2) is 77.5 Å². The fraction of sp³-hybridized carbons (Fsp3) is 0.688. The first-order valence-electron chi connectivity index (χ1n) is 9.87. The molecule has 4 atom stereocenters. The molecular weight excluding hydrogens is 433 g/mol. The summed E-state index contributed by atoms with van der Waals surface area (Å²) >= 11 is 0. The van der Waals surface area contributed by atoms with Gasteiger partial charge in [0.25, 0.3) is 0 Å². The summed E-state index contributed by atoms with van der Waals surface area (Å²) in [5.41, 5.74) is 12.0. The minimum Gasteiger partial charge on any atom is -0.387 e. The quantitative estimate of drug-likeness (QED) is 0.159. The van der Waals surface area contributed by atoms with Crippen LogP contribution in [0.25, 0.3) is 11.2 Å². The zero-order chi connectivity index (χ0) is 22.6. The first kappa shape index (κ1) is 23.8. The number of imidazole rings is 1. The second kappa shape index (κ2) is 10.1. The number of hydrogen-bond donors (Lipinski definition) is 7. The number of fused-ring (bicyclic) bond motifs is 1. The van der Waals surface area contributed by atoms with E-state index in [4.69, 9.17) is 26.0 Å². The lowest BCUT2D eigenvalue weighted by Gasteiger charge is -2.19. The van der Waals surface area contributed by atoms with Crippen molar-refractivity contribution in [2.24, 2.45) is 5.73 Å². The van der Waals surface area contributed by atoms with Crippen LogP contribution in [0.3, 0.4) is 0 Å². The second-order valence-corrected chi connectivity index (χ2v) is 8.44. The number of phosphoric acid groups is 1.